The zero-order valence-corrected chi connectivity index (χ0v) is 12.4. The second-order valence-electron chi connectivity index (χ2n) is 5.93. The molecule has 6 heteroatoms. The third kappa shape index (κ3) is 3.71. The molecule has 1 fully saturated rings. The second kappa shape index (κ2) is 6.68. The van der Waals surface area contributed by atoms with E-state index in [4.69, 9.17) is 0 Å². The molecular formula is C17H17F3N2O. The third-order valence-electron chi connectivity index (χ3n) is 4.22. The Morgan fingerprint density at radius 1 is 1.09 bits per heavy atom. The monoisotopic (exact) mass is 322 g/mol. The fourth-order valence-corrected chi connectivity index (χ4v) is 3.04. The minimum absolute atomic E-state index is 0.0102. The predicted molar refractivity (Wildman–Crippen MR) is 79.0 cm³/mol. The van der Waals surface area contributed by atoms with Crippen LogP contribution in [0.1, 0.15) is 11.1 Å². The van der Waals surface area contributed by atoms with Crippen molar-refractivity contribution in [2.24, 2.45) is 5.92 Å². The number of benzene rings is 1. The van der Waals surface area contributed by atoms with Crippen LogP contribution in [0.2, 0.25) is 0 Å². The smallest absolute Gasteiger partial charge is 0.133 e. The highest BCUT2D eigenvalue weighted by molar-refractivity contribution is 5.21. The summed E-state index contributed by atoms with van der Waals surface area (Å²) in [4.78, 5) is 5.74. The molecule has 0 spiro atoms. The number of aromatic nitrogens is 1. The van der Waals surface area contributed by atoms with Gasteiger partial charge in [-0.25, -0.2) is 13.2 Å². The number of hydrogen-bond acceptors (Lipinski definition) is 3. The predicted octanol–water partition coefficient (Wildman–Crippen LogP) is 2.53. The van der Waals surface area contributed by atoms with Crippen LogP contribution in [0.5, 0.6) is 0 Å². The number of nitrogens with zero attached hydrogens (tertiary/aromatic N) is 2. The number of aliphatic hydroxyl groups is 1. The highest BCUT2D eigenvalue weighted by atomic mass is 19.1. The van der Waals surface area contributed by atoms with E-state index < -0.39 is 23.6 Å². The van der Waals surface area contributed by atoms with E-state index in [1.807, 2.05) is 12.1 Å². The summed E-state index contributed by atoms with van der Waals surface area (Å²) in [7, 11) is 0. The Kier molecular flexibility index (Phi) is 4.63. The van der Waals surface area contributed by atoms with Crippen molar-refractivity contribution in [1.82, 2.24) is 9.88 Å². The Hall–Kier alpha value is -1.92. The molecule has 0 aliphatic carbocycles. The molecule has 0 unspecified atom stereocenters. The largest absolute Gasteiger partial charge is 0.391 e. The highest BCUT2D eigenvalue weighted by Gasteiger charge is 2.32. The summed E-state index contributed by atoms with van der Waals surface area (Å²) in [5, 5.41) is 10.2. The van der Waals surface area contributed by atoms with E-state index in [2.05, 4.69) is 4.98 Å². The molecule has 3 rings (SSSR count). The third-order valence-corrected chi connectivity index (χ3v) is 4.22. The van der Waals surface area contributed by atoms with Crippen LogP contribution >= 0.6 is 0 Å². The minimum Gasteiger partial charge on any atom is -0.391 e. The number of hydrogen-bond donors (Lipinski definition) is 1. The van der Waals surface area contributed by atoms with Crippen LogP contribution in [-0.2, 0) is 13.0 Å². The molecule has 0 radical (unpaired) electrons. The van der Waals surface area contributed by atoms with E-state index >= 15 is 0 Å². The first-order valence-corrected chi connectivity index (χ1v) is 7.45. The molecule has 2 aromatic rings. The molecule has 2 atom stereocenters. The Bertz CT molecular complexity index is 658. The van der Waals surface area contributed by atoms with Crippen molar-refractivity contribution in [2.75, 3.05) is 13.1 Å². The summed E-state index contributed by atoms with van der Waals surface area (Å²) in [6.07, 6.45) is 3.50. The second-order valence-corrected chi connectivity index (χ2v) is 5.93. The molecule has 0 amide bonds. The van der Waals surface area contributed by atoms with Crippen molar-refractivity contribution >= 4 is 0 Å². The molecule has 0 saturated carbocycles. The Morgan fingerprint density at radius 3 is 2.39 bits per heavy atom. The zero-order valence-electron chi connectivity index (χ0n) is 12.4. The van der Waals surface area contributed by atoms with Gasteiger partial charge in [0.25, 0.3) is 0 Å². The van der Waals surface area contributed by atoms with E-state index in [1.54, 1.807) is 17.3 Å². The van der Waals surface area contributed by atoms with Gasteiger partial charge in [-0.05, 0) is 24.1 Å². The van der Waals surface area contributed by atoms with E-state index in [-0.39, 0.29) is 18.0 Å². The lowest BCUT2D eigenvalue weighted by atomic mass is 9.97. The first-order chi connectivity index (χ1) is 11.0. The van der Waals surface area contributed by atoms with Crippen molar-refractivity contribution in [3.63, 3.8) is 0 Å². The lowest BCUT2D eigenvalue weighted by Crippen LogP contribution is -2.22. The van der Waals surface area contributed by atoms with Crippen LogP contribution in [0.4, 0.5) is 13.2 Å². The number of β-amino-alcohol motifs (C(OH)–C–C–N with tert-alkyl or cyclic N) is 1. The van der Waals surface area contributed by atoms with Gasteiger partial charge in [-0.1, -0.05) is 0 Å². The lowest BCUT2D eigenvalue weighted by molar-refractivity contribution is 0.140. The van der Waals surface area contributed by atoms with Crippen LogP contribution in [-0.4, -0.2) is 34.2 Å². The summed E-state index contributed by atoms with van der Waals surface area (Å²) >= 11 is 0. The van der Waals surface area contributed by atoms with Gasteiger partial charge in [-0.2, -0.15) is 0 Å². The minimum atomic E-state index is -0.930. The number of rotatable bonds is 4. The Balaban J connectivity index is 1.67. The van der Waals surface area contributed by atoms with Crippen LogP contribution in [0, 0.1) is 23.4 Å². The zero-order chi connectivity index (χ0) is 16.4. The van der Waals surface area contributed by atoms with Crippen molar-refractivity contribution in [3.05, 3.63) is 65.2 Å². The van der Waals surface area contributed by atoms with E-state index in [9.17, 15) is 18.3 Å². The molecule has 1 aliphatic rings. The van der Waals surface area contributed by atoms with E-state index in [1.165, 1.54) is 0 Å². The average Bonchev–Trinajstić information content (AvgIpc) is 2.84. The molecule has 1 aromatic carbocycles. The highest BCUT2D eigenvalue weighted by Crippen LogP contribution is 2.25. The van der Waals surface area contributed by atoms with Crippen LogP contribution in [0.15, 0.2) is 36.7 Å². The van der Waals surface area contributed by atoms with Gasteiger partial charge < -0.3 is 5.11 Å². The summed E-state index contributed by atoms with van der Waals surface area (Å²) in [6.45, 7) is 0.883. The topological polar surface area (TPSA) is 36.4 Å². The fraction of sp³-hybridized carbons (Fsp3) is 0.353. The molecule has 3 nitrogen and oxygen atoms in total. The molecule has 1 saturated heterocycles. The average molecular weight is 322 g/mol. The standard InChI is InChI=1S/C17H17F3N2O/c18-13-6-15(19)14(16(20)7-13)9-22-8-12(17(23)10-22)5-11-1-3-21-4-2-11/h1-4,6-7,12,17,23H,5,8-10H2/t12-,17-/m1/s1. The summed E-state index contributed by atoms with van der Waals surface area (Å²) in [5.41, 5.74) is 0.896. The van der Waals surface area contributed by atoms with E-state index in [0.29, 0.717) is 31.6 Å². The number of pyridine rings is 1. The van der Waals surface area contributed by atoms with Crippen LogP contribution < -0.4 is 0 Å². The van der Waals surface area contributed by atoms with Gasteiger partial charge in [0.05, 0.1) is 6.10 Å². The Labute approximate surface area is 132 Å². The Morgan fingerprint density at radius 2 is 1.74 bits per heavy atom. The van der Waals surface area contributed by atoms with Gasteiger partial charge in [0.2, 0.25) is 0 Å². The lowest BCUT2D eigenvalue weighted by Gasteiger charge is -2.16. The maximum atomic E-state index is 13.7. The molecule has 23 heavy (non-hydrogen) atoms. The molecular weight excluding hydrogens is 305 g/mol. The molecule has 1 aliphatic heterocycles. The van der Waals surface area contributed by atoms with Gasteiger partial charge in [-0.3, -0.25) is 9.88 Å². The fourth-order valence-electron chi connectivity index (χ4n) is 3.04. The van der Waals surface area contributed by atoms with Crippen molar-refractivity contribution in [2.45, 2.75) is 19.1 Å². The van der Waals surface area contributed by atoms with Crippen molar-refractivity contribution < 1.29 is 18.3 Å². The molecule has 1 aromatic heterocycles. The van der Waals surface area contributed by atoms with Gasteiger partial charge in [0, 0.05) is 55.6 Å². The molecule has 0 bridgehead atoms. The number of halogens is 3. The molecule has 1 N–H and O–H groups in total. The van der Waals surface area contributed by atoms with Gasteiger partial charge in [0.1, 0.15) is 17.5 Å². The summed E-state index contributed by atoms with van der Waals surface area (Å²) < 4.78 is 40.4. The summed E-state index contributed by atoms with van der Waals surface area (Å²) in [5.74, 6) is -2.73. The maximum absolute atomic E-state index is 13.7. The van der Waals surface area contributed by atoms with Gasteiger partial charge in [0.15, 0.2) is 0 Å². The number of likely N-dealkylation sites (tertiary alicyclic amines) is 1. The van der Waals surface area contributed by atoms with Gasteiger partial charge in [-0.15, -0.1) is 0 Å². The van der Waals surface area contributed by atoms with Crippen LogP contribution in [0.25, 0.3) is 0 Å². The van der Waals surface area contributed by atoms with Gasteiger partial charge >= 0.3 is 0 Å². The quantitative estimate of drug-likeness (QED) is 0.940. The maximum Gasteiger partial charge on any atom is 0.133 e. The van der Waals surface area contributed by atoms with Crippen molar-refractivity contribution in [1.29, 1.82) is 0 Å². The molecule has 2 heterocycles. The normalized spacial score (nSPS) is 21.7. The number of aliphatic hydroxyl groups excluding tert-OH is 1. The first kappa shape index (κ1) is 16.0. The SMILES string of the molecule is O[C@@H]1CN(Cc2c(F)cc(F)cc2F)C[C@H]1Cc1ccncc1. The summed E-state index contributed by atoms with van der Waals surface area (Å²) in [6, 6.07) is 5.13. The van der Waals surface area contributed by atoms with E-state index in [0.717, 1.165) is 5.56 Å². The first-order valence-electron chi connectivity index (χ1n) is 7.45. The molecule has 122 valence electrons. The van der Waals surface area contributed by atoms with Crippen molar-refractivity contribution in [3.8, 4) is 0 Å². The van der Waals surface area contributed by atoms with Crippen LogP contribution in [0.3, 0.4) is 0 Å².